The summed E-state index contributed by atoms with van der Waals surface area (Å²) >= 11 is 0. The number of nitrogen functional groups attached to an aromatic ring is 1. The number of fused-ring (bicyclic) bond motifs is 1. The van der Waals surface area contributed by atoms with Gasteiger partial charge in [-0.05, 0) is 24.0 Å². The number of esters is 2. The van der Waals surface area contributed by atoms with Crippen molar-refractivity contribution in [2.45, 2.75) is 31.5 Å². The Balaban J connectivity index is 1.29. The van der Waals surface area contributed by atoms with E-state index >= 15 is 0 Å². The Bertz CT molecular complexity index is 1490. The minimum Gasteiger partial charge on any atom is -0.437 e. The Labute approximate surface area is 253 Å². The van der Waals surface area contributed by atoms with Crippen molar-refractivity contribution in [3.63, 3.8) is 0 Å². The second kappa shape index (κ2) is 16.0. The lowest BCUT2D eigenvalue weighted by atomic mass is 10.1. The van der Waals surface area contributed by atoms with Gasteiger partial charge in [-0.25, -0.2) is 15.0 Å². The van der Waals surface area contributed by atoms with E-state index in [0.29, 0.717) is 11.2 Å². The van der Waals surface area contributed by atoms with E-state index in [9.17, 15) is 14.2 Å². The van der Waals surface area contributed by atoms with Gasteiger partial charge < -0.3 is 36.0 Å². The third-order valence-corrected chi connectivity index (χ3v) is 7.76. The molecule has 15 nitrogen and oxygen atoms in total. The summed E-state index contributed by atoms with van der Waals surface area (Å²) in [6.45, 7) is -1.19. The van der Waals surface area contributed by atoms with Gasteiger partial charge in [0.1, 0.15) is 30.3 Å². The van der Waals surface area contributed by atoms with Crippen molar-refractivity contribution in [2.24, 2.45) is 11.5 Å². The molecule has 4 aromatic rings. The van der Waals surface area contributed by atoms with Crippen LogP contribution in [0.1, 0.15) is 11.1 Å². The van der Waals surface area contributed by atoms with E-state index in [-0.39, 0.29) is 31.8 Å². The van der Waals surface area contributed by atoms with E-state index < -0.39 is 51.6 Å². The van der Waals surface area contributed by atoms with Gasteiger partial charge in [-0.15, -0.1) is 0 Å². The zero-order valence-electron chi connectivity index (χ0n) is 23.8. The number of benzene rings is 2. The molecule has 0 aliphatic rings. The zero-order chi connectivity index (χ0) is 31.4. The standard InChI is InChI=1S/C28H34N7O8P/c29-22(13-20-7-3-1-4-8-20)27(36)40-17-42-44(38,43-18-41-28(37)23(30)14-21-9-5-2-6-10-21)19-39-12-11-35-16-34-24-25(31)32-15-33-26(24)35/h1-10,15-16,22-23H,11-14,17-19,29-30H2,(H2,31,32,33)/t22-,23-/m0/s1. The molecular formula is C28H34N7O8P. The summed E-state index contributed by atoms with van der Waals surface area (Å²) in [5, 5.41) is 0. The van der Waals surface area contributed by atoms with Gasteiger partial charge >= 0.3 is 19.5 Å². The minimum absolute atomic E-state index is 0.0373. The average Bonchev–Trinajstić information content (AvgIpc) is 3.44. The van der Waals surface area contributed by atoms with Crippen molar-refractivity contribution < 1.29 is 37.4 Å². The number of hydrogen-bond donors (Lipinski definition) is 3. The average molecular weight is 628 g/mol. The molecule has 0 fully saturated rings. The molecule has 2 heterocycles. The predicted molar refractivity (Wildman–Crippen MR) is 158 cm³/mol. The maximum atomic E-state index is 13.4. The first kappa shape index (κ1) is 32.7. The third kappa shape index (κ3) is 9.64. The molecule has 0 radical (unpaired) electrons. The molecule has 2 atom stereocenters. The molecule has 6 N–H and O–H groups in total. The minimum atomic E-state index is -4.12. The van der Waals surface area contributed by atoms with Crippen LogP contribution in [-0.2, 0) is 56.8 Å². The number of imidazole rings is 1. The van der Waals surface area contributed by atoms with Gasteiger partial charge in [0.05, 0.1) is 12.9 Å². The van der Waals surface area contributed by atoms with Crippen LogP contribution in [0, 0.1) is 0 Å². The van der Waals surface area contributed by atoms with Gasteiger partial charge in [0.15, 0.2) is 11.5 Å². The monoisotopic (exact) mass is 627 g/mol. The summed E-state index contributed by atoms with van der Waals surface area (Å²) in [6, 6.07) is 16.3. The van der Waals surface area contributed by atoms with Crippen LogP contribution in [0.5, 0.6) is 0 Å². The lowest BCUT2D eigenvalue weighted by Crippen LogP contribution is -2.35. The second-order valence-electron chi connectivity index (χ2n) is 9.53. The molecule has 16 heteroatoms. The molecule has 0 unspecified atom stereocenters. The van der Waals surface area contributed by atoms with E-state index in [1.54, 1.807) is 4.57 Å². The molecule has 0 aliphatic heterocycles. The van der Waals surface area contributed by atoms with Gasteiger partial charge in [-0.3, -0.25) is 23.2 Å². The number of nitrogens with two attached hydrogens (primary N) is 3. The molecule has 0 spiro atoms. The van der Waals surface area contributed by atoms with Gasteiger partial charge in [0, 0.05) is 6.54 Å². The van der Waals surface area contributed by atoms with Crippen LogP contribution in [0.2, 0.25) is 0 Å². The largest absolute Gasteiger partial charge is 0.437 e. The maximum Gasteiger partial charge on any atom is 0.361 e. The number of anilines is 1. The van der Waals surface area contributed by atoms with Crippen LogP contribution in [0.15, 0.2) is 73.3 Å². The fraction of sp³-hybridized carbons (Fsp3) is 0.321. The topological polar surface area (TPSA) is 219 Å². The van der Waals surface area contributed by atoms with Crippen molar-refractivity contribution in [1.82, 2.24) is 19.5 Å². The molecule has 0 bridgehead atoms. The fourth-order valence-corrected chi connectivity index (χ4v) is 4.96. The quantitative estimate of drug-likeness (QED) is 0.0657. The number of hydrogen-bond acceptors (Lipinski definition) is 14. The van der Waals surface area contributed by atoms with E-state index in [2.05, 4.69) is 15.0 Å². The first-order valence-corrected chi connectivity index (χ1v) is 15.3. The first-order chi connectivity index (χ1) is 21.2. The van der Waals surface area contributed by atoms with Crippen LogP contribution < -0.4 is 17.2 Å². The Hall–Kier alpha value is -4.24. The van der Waals surface area contributed by atoms with Gasteiger partial charge in [0.25, 0.3) is 0 Å². The molecule has 0 aliphatic carbocycles. The SMILES string of the molecule is Nc1ncnc2c1ncn2CCOCP(=O)(OCOC(=O)[C@@H](N)Cc1ccccc1)OCOC(=O)[C@@H](N)Cc1ccccc1. The zero-order valence-corrected chi connectivity index (χ0v) is 24.7. The van der Waals surface area contributed by atoms with Gasteiger partial charge in [-0.2, -0.15) is 0 Å². The highest BCUT2D eigenvalue weighted by atomic mass is 31.2. The van der Waals surface area contributed by atoms with Crippen molar-refractivity contribution >= 4 is 36.5 Å². The van der Waals surface area contributed by atoms with Crippen molar-refractivity contribution in [1.29, 1.82) is 0 Å². The Kier molecular flexibility index (Phi) is 11.9. The normalized spacial score (nSPS) is 13.0. The van der Waals surface area contributed by atoms with Crippen molar-refractivity contribution in [3.8, 4) is 0 Å². The van der Waals surface area contributed by atoms with Crippen LogP contribution in [0.3, 0.4) is 0 Å². The summed E-state index contributed by atoms with van der Waals surface area (Å²) in [6.07, 6.45) is 2.73. The predicted octanol–water partition coefficient (Wildman–Crippen LogP) is 1.75. The van der Waals surface area contributed by atoms with Gasteiger partial charge in [-0.1, -0.05) is 60.7 Å². The highest BCUT2D eigenvalue weighted by molar-refractivity contribution is 7.53. The lowest BCUT2D eigenvalue weighted by Gasteiger charge is -2.20. The summed E-state index contributed by atoms with van der Waals surface area (Å²) < 4.78 is 41.4. The van der Waals surface area contributed by atoms with E-state index in [1.807, 2.05) is 60.7 Å². The molecule has 0 amide bonds. The first-order valence-electron chi connectivity index (χ1n) is 13.5. The molecule has 0 saturated carbocycles. The second-order valence-corrected chi connectivity index (χ2v) is 11.5. The number of carbonyl (C=O) groups is 2. The van der Waals surface area contributed by atoms with Crippen LogP contribution in [-0.4, -0.2) is 70.1 Å². The lowest BCUT2D eigenvalue weighted by molar-refractivity contribution is -0.154. The molecule has 4 rings (SSSR count). The highest BCUT2D eigenvalue weighted by Gasteiger charge is 2.28. The molecule has 2 aromatic carbocycles. The van der Waals surface area contributed by atoms with Crippen LogP contribution in [0.25, 0.3) is 11.2 Å². The molecular weight excluding hydrogens is 593 g/mol. The Morgan fingerprint density at radius 1 is 0.818 bits per heavy atom. The Morgan fingerprint density at radius 2 is 1.36 bits per heavy atom. The molecule has 44 heavy (non-hydrogen) atoms. The number of rotatable bonds is 17. The van der Waals surface area contributed by atoms with Gasteiger partial charge in [0.2, 0.25) is 13.6 Å². The van der Waals surface area contributed by atoms with Crippen molar-refractivity contribution in [3.05, 3.63) is 84.4 Å². The summed E-state index contributed by atoms with van der Waals surface area (Å²) in [5.41, 5.74) is 20.3. The molecule has 0 saturated heterocycles. The van der Waals surface area contributed by atoms with E-state index in [1.165, 1.54) is 12.7 Å². The highest BCUT2D eigenvalue weighted by Crippen LogP contribution is 2.48. The van der Waals surface area contributed by atoms with E-state index in [4.69, 9.17) is 40.5 Å². The van der Waals surface area contributed by atoms with Crippen molar-refractivity contribution in [2.75, 3.05) is 32.3 Å². The summed E-state index contributed by atoms with van der Waals surface area (Å²) in [5.74, 6) is -1.31. The molecule has 234 valence electrons. The maximum absolute atomic E-state index is 13.4. The number of carbonyl (C=O) groups excluding carboxylic acids is 2. The third-order valence-electron chi connectivity index (χ3n) is 6.26. The smallest absolute Gasteiger partial charge is 0.361 e. The molecule has 2 aromatic heterocycles. The van der Waals surface area contributed by atoms with E-state index in [0.717, 1.165) is 11.1 Å². The van der Waals surface area contributed by atoms with Crippen LogP contribution >= 0.6 is 7.60 Å². The number of aromatic nitrogens is 4. The summed E-state index contributed by atoms with van der Waals surface area (Å²) in [4.78, 5) is 37.0. The summed E-state index contributed by atoms with van der Waals surface area (Å²) in [7, 11) is -4.12. The number of ether oxygens (including phenoxy) is 3. The van der Waals surface area contributed by atoms with Crippen LogP contribution in [0.4, 0.5) is 5.82 Å². The Morgan fingerprint density at radius 3 is 1.91 bits per heavy atom. The fourth-order valence-electron chi connectivity index (χ4n) is 3.96. The number of nitrogens with zero attached hydrogens (tertiary/aromatic N) is 4.